The molecule has 1 aromatic rings. The molecule has 2 fully saturated rings. The first-order valence-corrected chi connectivity index (χ1v) is 13.5. The average molecular weight is 450 g/mol. The second-order valence-electron chi connectivity index (χ2n) is 9.36. The normalized spacial score (nSPS) is 21.8. The van der Waals surface area contributed by atoms with Gasteiger partial charge in [0.1, 0.15) is 0 Å². The molecule has 2 aliphatic rings. The van der Waals surface area contributed by atoms with Crippen LogP contribution in [0.4, 0.5) is 0 Å². The summed E-state index contributed by atoms with van der Waals surface area (Å²) in [5.74, 6) is 0.939. The molecule has 1 atom stereocenters. The van der Waals surface area contributed by atoms with Gasteiger partial charge < -0.3 is 5.32 Å². The largest absolute Gasteiger partial charge is 0.352 e. The van der Waals surface area contributed by atoms with Crippen LogP contribution in [-0.4, -0.2) is 55.5 Å². The lowest BCUT2D eigenvalue weighted by molar-refractivity contribution is -0.126. The summed E-state index contributed by atoms with van der Waals surface area (Å²) in [6.45, 7) is 9.10. The van der Waals surface area contributed by atoms with Gasteiger partial charge >= 0.3 is 0 Å². The summed E-state index contributed by atoms with van der Waals surface area (Å²) in [5.41, 5.74) is 2.42. The minimum atomic E-state index is -3.17. The van der Waals surface area contributed by atoms with E-state index in [9.17, 15) is 13.2 Å². The summed E-state index contributed by atoms with van der Waals surface area (Å²) in [5, 5.41) is 3.05. The zero-order chi connectivity index (χ0) is 22.3. The molecule has 2 aliphatic heterocycles. The van der Waals surface area contributed by atoms with Crippen LogP contribution in [0.5, 0.6) is 0 Å². The van der Waals surface area contributed by atoms with Crippen molar-refractivity contribution in [2.45, 2.75) is 65.5 Å². The van der Waals surface area contributed by atoms with Crippen LogP contribution in [0.1, 0.15) is 63.5 Å². The molecule has 0 aromatic heterocycles. The number of carbonyl (C=O) groups excluding carboxylic acids is 1. The van der Waals surface area contributed by atoms with Gasteiger partial charge in [-0.1, -0.05) is 44.5 Å². The van der Waals surface area contributed by atoms with E-state index in [4.69, 9.17) is 0 Å². The lowest BCUT2D eigenvalue weighted by Crippen LogP contribution is -2.43. The molecule has 7 heteroatoms. The second-order valence-corrected chi connectivity index (χ2v) is 11.4. The van der Waals surface area contributed by atoms with E-state index < -0.39 is 10.0 Å². The topological polar surface area (TPSA) is 69.7 Å². The van der Waals surface area contributed by atoms with Gasteiger partial charge in [-0.05, 0) is 55.7 Å². The quantitative estimate of drug-likeness (QED) is 0.627. The molecule has 1 aromatic carbocycles. The molecule has 0 bridgehead atoms. The summed E-state index contributed by atoms with van der Waals surface area (Å²) in [6.07, 6.45) is 5.39. The number of nitrogens with zero attached hydrogens (tertiary/aromatic N) is 2. The van der Waals surface area contributed by atoms with Gasteiger partial charge in [0.2, 0.25) is 15.9 Å². The number of carbonyl (C=O) groups is 1. The van der Waals surface area contributed by atoms with Crippen LogP contribution in [0.15, 0.2) is 24.3 Å². The van der Waals surface area contributed by atoms with Gasteiger partial charge in [0.05, 0.1) is 5.75 Å². The van der Waals surface area contributed by atoms with Crippen molar-refractivity contribution in [3.05, 3.63) is 35.4 Å². The smallest absolute Gasteiger partial charge is 0.223 e. The van der Waals surface area contributed by atoms with Gasteiger partial charge in [-0.25, -0.2) is 12.7 Å². The lowest BCUT2D eigenvalue weighted by Gasteiger charge is -2.31. The lowest BCUT2D eigenvalue weighted by atomic mass is 9.97. The van der Waals surface area contributed by atoms with Crippen LogP contribution >= 0.6 is 0 Å². The Morgan fingerprint density at radius 2 is 1.74 bits per heavy atom. The highest BCUT2D eigenvalue weighted by atomic mass is 32.2. The molecule has 3 rings (SSSR count). The van der Waals surface area contributed by atoms with Crippen molar-refractivity contribution in [3.8, 4) is 0 Å². The predicted octanol–water partition coefficient (Wildman–Crippen LogP) is 3.38. The predicted molar refractivity (Wildman–Crippen MR) is 125 cm³/mol. The molecule has 6 nitrogen and oxygen atoms in total. The third kappa shape index (κ3) is 7.29. The van der Waals surface area contributed by atoms with Crippen molar-refractivity contribution in [2.24, 2.45) is 11.8 Å². The molecule has 0 radical (unpaired) electrons. The molecule has 2 heterocycles. The number of nitrogens with one attached hydrogen (secondary N) is 1. The molecule has 2 saturated heterocycles. The van der Waals surface area contributed by atoms with E-state index in [2.05, 4.69) is 41.4 Å². The maximum absolute atomic E-state index is 12.6. The Labute approximate surface area is 188 Å². The molecule has 0 saturated carbocycles. The van der Waals surface area contributed by atoms with Crippen molar-refractivity contribution < 1.29 is 13.2 Å². The van der Waals surface area contributed by atoms with Gasteiger partial charge in [-0.2, -0.15) is 0 Å². The zero-order valence-corrected chi connectivity index (χ0v) is 20.0. The zero-order valence-electron chi connectivity index (χ0n) is 19.2. The Kier molecular flexibility index (Phi) is 8.93. The Morgan fingerprint density at radius 3 is 2.39 bits per heavy atom. The Balaban J connectivity index is 1.40. The molecule has 1 amide bonds. The first-order valence-electron chi connectivity index (χ1n) is 11.9. The summed E-state index contributed by atoms with van der Waals surface area (Å²) in [7, 11) is -3.17. The monoisotopic (exact) mass is 449 g/mol. The Hall–Kier alpha value is -1.44. The van der Waals surface area contributed by atoms with Crippen molar-refractivity contribution >= 4 is 15.9 Å². The number of benzene rings is 1. The fourth-order valence-corrected chi connectivity index (χ4v) is 6.32. The minimum Gasteiger partial charge on any atom is -0.352 e. The van der Waals surface area contributed by atoms with Crippen molar-refractivity contribution in [1.82, 2.24) is 14.5 Å². The molecule has 174 valence electrons. The number of unbranched alkanes of at least 4 members (excludes halogenated alkanes) is 1. The number of hydrogen-bond acceptors (Lipinski definition) is 4. The van der Waals surface area contributed by atoms with Crippen LogP contribution in [0, 0.1) is 11.8 Å². The van der Waals surface area contributed by atoms with E-state index in [1.165, 1.54) is 31.5 Å². The van der Waals surface area contributed by atoms with E-state index in [1.807, 2.05) is 6.92 Å². The number of sulfonamides is 1. The number of amides is 1. The van der Waals surface area contributed by atoms with Gasteiger partial charge in [0.25, 0.3) is 0 Å². The first-order chi connectivity index (χ1) is 14.9. The van der Waals surface area contributed by atoms with Crippen molar-refractivity contribution in [1.29, 1.82) is 0 Å². The van der Waals surface area contributed by atoms with E-state index in [-0.39, 0.29) is 17.6 Å². The Morgan fingerprint density at radius 1 is 1.06 bits per heavy atom. The van der Waals surface area contributed by atoms with E-state index in [0.29, 0.717) is 38.9 Å². The molecule has 0 aliphatic carbocycles. The molecule has 0 spiro atoms. The van der Waals surface area contributed by atoms with Gasteiger partial charge in [0.15, 0.2) is 0 Å². The maximum atomic E-state index is 12.6. The van der Waals surface area contributed by atoms with Crippen LogP contribution in [0.2, 0.25) is 0 Å². The molecule has 1 unspecified atom stereocenters. The molecular formula is C24H39N3O3S. The second kappa shape index (κ2) is 11.4. The molecule has 31 heavy (non-hydrogen) atoms. The number of likely N-dealkylation sites (tertiary alicyclic amines) is 1. The summed E-state index contributed by atoms with van der Waals surface area (Å²) < 4.78 is 26.2. The van der Waals surface area contributed by atoms with Crippen LogP contribution in [0.3, 0.4) is 0 Å². The molecular weight excluding hydrogens is 410 g/mol. The van der Waals surface area contributed by atoms with Gasteiger partial charge in [-0.3, -0.25) is 9.69 Å². The first kappa shape index (κ1) is 24.2. The summed E-state index contributed by atoms with van der Waals surface area (Å²) in [6, 6.07) is 8.54. The highest BCUT2D eigenvalue weighted by Crippen LogP contribution is 2.21. The van der Waals surface area contributed by atoms with Crippen molar-refractivity contribution in [3.63, 3.8) is 0 Å². The fraction of sp³-hybridized carbons (Fsp3) is 0.708. The summed E-state index contributed by atoms with van der Waals surface area (Å²) >= 11 is 0. The van der Waals surface area contributed by atoms with E-state index >= 15 is 0 Å². The van der Waals surface area contributed by atoms with E-state index in [1.54, 1.807) is 4.31 Å². The minimum absolute atomic E-state index is 0.0389. The highest BCUT2D eigenvalue weighted by molar-refractivity contribution is 7.89. The average Bonchev–Trinajstić information content (AvgIpc) is 2.77. The van der Waals surface area contributed by atoms with Gasteiger partial charge in [-0.15, -0.1) is 0 Å². The number of rotatable bonds is 9. The summed E-state index contributed by atoms with van der Waals surface area (Å²) in [4.78, 5) is 15.1. The standard InChI is InChI=1S/C24H39N3O3S/c1-3-4-16-31(29,30)27-14-11-23(12-15-27)24(28)25-17-21-7-9-22(10-8-21)19-26-13-5-6-20(2)18-26/h7-10,20,23H,3-6,11-19H2,1-2H3,(H,25,28). The van der Waals surface area contributed by atoms with Crippen LogP contribution < -0.4 is 5.32 Å². The third-order valence-electron chi connectivity index (χ3n) is 6.61. The van der Waals surface area contributed by atoms with Crippen LogP contribution in [-0.2, 0) is 27.9 Å². The molecule has 1 N–H and O–H groups in total. The third-order valence-corrected chi connectivity index (χ3v) is 8.57. The Bertz CT molecular complexity index is 802. The fourth-order valence-electron chi connectivity index (χ4n) is 4.64. The number of hydrogen-bond donors (Lipinski definition) is 1. The maximum Gasteiger partial charge on any atom is 0.223 e. The van der Waals surface area contributed by atoms with Crippen molar-refractivity contribution in [2.75, 3.05) is 31.9 Å². The number of piperidine rings is 2. The SMILES string of the molecule is CCCCS(=O)(=O)N1CCC(C(=O)NCc2ccc(CN3CCCC(C)C3)cc2)CC1. The highest BCUT2D eigenvalue weighted by Gasteiger charge is 2.30. The van der Waals surface area contributed by atoms with E-state index in [0.717, 1.165) is 24.4 Å². The van der Waals surface area contributed by atoms with Gasteiger partial charge in [0, 0.05) is 38.6 Å². The van der Waals surface area contributed by atoms with Crippen LogP contribution in [0.25, 0.3) is 0 Å².